The molecular weight excluding hydrogens is 276 g/mol. The molecule has 0 aliphatic heterocycles. The first-order valence-electron chi connectivity index (χ1n) is 6.19. The van der Waals surface area contributed by atoms with Crippen LogP contribution in [0.5, 0.6) is 5.75 Å². The number of esters is 1. The Hall–Kier alpha value is -1.71. The van der Waals surface area contributed by atoms with E-state index in [4.69, 9.17) is 20.5 Å². The number of thioether (sulfide) groups is 1. The Kier molecular flexibility index (Phi) is 6.91. The van der Waals surface area contributed by atoms with Gasteiger partial charge in [-0.05, 0) is 24.6 Å². The molecular formula is C14H18N2O3S. The van der Waals surface area contributed by atoms with E-state index in [2.05, 4.69) is 6.07 Å². The summed E-state index contributed by atoms with van der Waals surface area (Å²) in [6.45, 7) is 2.09. The second-order valence-corrected chi connectivity index (χ2v) is 5.05. The van der Waals surface area contributed by atoms with Crippen molar-refractivity contribution < 1.29 is 14.3 Å². The minimum absolute atomic E-state index is 0.337. The van der Waals surface area contributed by atoms with Crippen LogP contribution >= 0.6 is 11.8 Å². The zero-order valence-corrected chi connectivity index (χ0v) is 12.4. The molecule has 1 atom stereocenters. The lowest BCUT2D eigenvalue weighted by atomic mass is 10.1. The Morgan fingerprint density at radius 3 is 2.90 bits per heavy atom. The first kappa shape index (κ1) is 16.3. The molecule has 0 bridgehead atoms. The second-order valence-electron chi connectivity index (χ2n) is 4.02. The monoisotopic (exact) mass is 294 g/mol. The highest BCUT2D eigenvalue weighted by Crippen LogP contribution is 2.22. The van der Waals surface area contributed by atoms with Gasteiger partial charge in [0, 0.05) is 11.5 Å². The van der Waals surface area contributed by atoms with Crippen LogP contribution in [0.4, 0.5) is 0 Å². The Morgan fingerprint density at radius 2 is 2.30 bits per heavy atom. The van der Waals surface area contributed by atoms with E-state index in [0.29, 0.717) is 29.4 Å². The number of benzene rings is 1. The van der Waals surface area contributed by atoms with Gasteiger partial charge in [0.1, 0.15) is 17.9 Å². The van der Waals surface area contributed by atoms with E-state index < -0.39 is 6.04 Å². The minimum Gasteiger partial charge on any atom is -0.495 e. The van der Waals surface area contributed by atoms with Gasteiger partial charge in [-0.25, -0.2) is 0 Å². The smallest absolute Gasteiger partial charge is 0.323 e. The van der Waals surface area contributed by atoms with Crippen LogP contribution in [0.3, 0.4) is 0 Å². The average molecular weight is 294 g/mol. The summed E-state index contributed by atoms with van der Waals surface area (Å²) in [7, 11) is 1.53. The van der Waals surface area contributed by atoms with Crippen molar-refractivity contribution in [1.29, 1.82) is 5.26 Å². The third-order valence-electron chi connectivity index (χ3n) is 2.54. The minimum atomic E-state index is -0.611. The average Bonchev–Trinajstić information content (AvgIpc) is 2.47. The largest absolute Gasteiger partial charge is 0.495 e. The highest BCUT2D eigenvalue weighted by Gasteiger charge is 2.14. The van der Waals surface area contributed by atoms with Gasteiger partial charge in [0.05, 0.1) is 19.3 Å². The molecule has 0 heterocycles. The van der Waals surface area contributed by atoms with Crippen molar-refractivity contribution in [2.45, 2.75) is 18.7 Å². The first-order valence-corrected chi connectivity index (χ1v) is 7.34. The number of nitrogens with two attached hydrogens (primary N) is 1. The standard InChI is InChI=1S/C14H18N2O3S/c1-3-19-14(17)12(16)9-20-8-10-4-5-11(7-15)13(6-10)18-2/h4-6,12H,3,8-9,16H2,1-2H3. The molecule has 0 saturated carbocycles. The fourth-order valence-corrected chi connectivity index (χ4v) is 2.46. The summed E-state index contributed by atoms with van der Waals surface area (Å²) < 4.78 is 9.98. The topological polar surface area (TPSA) is 85.3 Å². The van der Waals surface area contributed by atoms with E-state index in [-0.39, 0.29) is 5.97 Å². The Bertz CT molecular complexity index is 500. The highest BCUT2D eigenvalue weighted by molar-refractivity contribution is 7.98. The molecule has 1 unspecified atom stereocenters. The van der Waals surface area contributed by atoms with E-state index in [0.717, 1.165) is 5.56 Å². The Balaban J connectivity index is 2.50. The fourth-order valence-electron chi connectivity index (χ4n) is 1.54. The number of methoxy groups -OCH3 is 1. The van der Waals surface area contributed by atoms with Crippen molar-refractivity contribution >= 4 is 17.7 Å². The van der Waals surface area contributed by atoms with Gasteiger partial charge in [-0.1, -0.05) is 6.07 Å². The van der Waals surface area contributed by atoms with Crippen LogP contribution in [-0.4, -0.2) is 31.5 Å². The van der Waals surface area contributed by atoms with Crippen molar-refractivity contribution in [3.63, 3.8) is 0 Å². The number of nitrogens with zero attached hydrogens (tertiary/aromatic N) is 1. The SMILES string of the molecule is CCOC(=O)C(N)CSCc1ccc(C#N)c(OC)c1. The third kappa shape index (κ3) is 4.76. The number of hydrogen-bond donors (Lipinski definition) is 1. The first-order chi connectivity index (χ1) is 9.62. The summed E-state index contributed by atoms with van der Waals surface area (Å²) in [4.78, 5) is 11.4. The van der Waals surface area contributed by atoms with Gasteiger partial charge in [0.25, 0.3) is 0 Å². The molecule has 6 heteroatoms. The van der Waals surface area contributed by atoms with Crippen molar-refractivity contribution in [2.75, 3.05) is 19.5 Å². The highest BCUT2D eigenvalue weighted by atomic mass is 32.2. The summed E-state index contributed by atoms with van der Waals surface area (Å²) >= 11 is 1.54. The zero-order valence-electron chi connectivity index (χ0n) is 11.6. The van der Waals surface area contributed by atoms with Crippen LogP contribution in [0.25, 0.3) is 0 Å². The molecule has 20 heavy (non-hydrogen) atoms. The lowest BCUT2D eigenvalue weighted by Crippen LogP contribution is -2.34. The summed E-state index contributed by atoms with van der Waals surface area (Å²) in [5, 5.41) is 8.90. The van der Waals surface area contributed by atoms with Gasteiger partial charge < -0.3 is 15.2 Å². The Labute approximate surface area is 123 Å². The maximum absolute atomic E-state index is 11.4. The molecule has 5 nitrogen and oxygen atoms in total. The number of nitriles is 1. The number of rotatable bonds is 7. The van der Waals surface area contributed by atoms with Crippen LogP contribution in [0, 0.1) is 11.3 Å². The molecule has 0 aliphatic carbocycles. The lowest BCUT2D eigenvalue weighted by Gasteiger charge is -2.10. The van der Waals surface area contributed by atoms with Gasteiger partial charge >= 0.3 is 5.97 Å². The van der Waals surface area contributed by atoms with Crippen LogP contribution in [0.1, 0.15) is 18.1 Å². The molecule has 1 rings (SSSR count). The van der Waals surface area contributed by atoms with Gasteiger partial charge in [-0.3, -0.25) is 4.79 Å². The molecule has 0 radical (unpaired) electrons. The number of hydrogen-bond acceptors (Lipinski definition) is 6. The summed E-state index contributed by atoms with van der Waals surface area (Å²) in [6, 6.07) is 6.86. The van der Waals surface area contributed by atoms with E-state index in [9.17, 15) is 4.79 Å². The number of carbonyl (C=O) groups excluding carboxylic acids is 1. The number of ether oxygens (including phenoxy) is 2. The zero-order chi connectivity index (χ0) is 15.0. The van der Waals surface area contributed by atoms with Gasteiger partial charge in [0.2, 0.25) is 0 Å². The van der Waals surface area contributed by atoms with Crippen molar-refractivity contribution in [3.8, 4) is 11.8 Å². The predicted molar refractivity (Wildman–Crippen MR) is 78.5 cm³/mol. The van der Waals surface area contributed by atoms with Gasteiger partial charge in [-0.2, -0.15) is 17.0 Å². The molecule has 2 N–H and O–H groups in total. The summed E-state index contributed by atoms with van der Waals surface area (Å²) in [5.74, 6) is 1.36. The van der Waals surface area contributed by atoms with Gasteiger partial charge in [0.15, 0.2) is 0 Å². The molecule has 0 aromatic heterocycles. The van der Waals surface area contributed by atoms with Crippen LogP contribution in [0.15, 0.2) is 18.2 Å². The molecule has 1 aromatic carbocycles. The molecule has 0 saturated heterocycles. The predicted octanol–water partition coefficient (Wildman–Crippen LogP) is 1.69. The normalized spacial score (nSPS) is 11.5. The molecule has 1 aromatic rings. The van der Waals surface area contributed by atoms with E-state index in [1.165, 1.54) is 18.9 Å². The maximum Gasteiger partial charge on any atom is 0.323 e. The molecule has 0 spiro atoms. The van der Waals surface area contributed by atoms with Crippen molar-refractivity contribution in [3.05, 3.63) is 29.3 Å². The van der Waals surface area contributed by atoms with Crippen LogP contribution in [0.2, 0.25) is 0 Å². The molecule has 0 fully saturated rings. The van der Waals surface area contributed by atoms with E-state index in [1.54, 1.807) is 13.0 Å². The molecule has 0 amide bonds. The number of carbonyl (C=O) groups is 1. The van der Waals surface area contributed by atoms with E-state index >= 15 is 0 Å². The third-order valence-corrected chi connectivity index (χ3v) is 3.67. The molecule has 0 aliphatic rings. The fraction of sp³-hybridized carbons (Fsp3) is 0.429. The van der Waals surface area contributed by atoms with Crippen LogP contribution < -0.4 is 10.5 Å². The summed E-state index contributed by atoms with van der Waals surface area (Å²) in [6.07, 6.45) is 0. The Morgan fingerprint density at radius 1 is 1.55 bits per heavy atom. The molecule has 108 valence electrons. The van der Waals surface area contributed by atoms with Crippen molar-refractivity contribution in [2.24, 2.45) is 5.73 Å². The van der Waals surface area contributed by atoms with Crippen molar-refractivity contribution in [1.82, 2.24) is 0 Å². The second kappa shape index (κ2) is 8.46. The maximum atomic E-state index is 11.4. The van der Waals surface area contributed by atoms with Gasteiger partial charge in [-0.15, -0.1) is 0 Å². The lowest BCUT2D eigenvalue weighted by molar-refractivity contribution is -0.144. The van der Waals surface area contributed by atoms with Crippen LogP contribution in [-0.2, 0) is 15.3 Å². The quantitative estimate of drug-likeness (QED) is 0.770. The summed E-state index contributed by atoms with van der Waals surface area (Å²) in [5.41, 5.74) is 7.23. The van der Waals surface area contributed by atoms with E-state index in [1.807, 2.05) is 12.1 Å².